The monoisotopic (exact) mass is 390 g/mol. The molecule has 1 N–H and O–H groups in total. The molecule has 1 amide bonds. The number of methoxy groups -OCH3 is 1. The van der Waals surface area contributed by atoms with Crippen LogP contribution in [0.3, 0.4) is 0 Å². The van der Waals surface area contributed by atoms with Gasteiger partial charge in [-0.3, -0.25) is 4.79 Å². The Morgan fingerprint density at radius 2 is 1.55 bits per heavy atom. The highest BCUT2D eigenvalue weighted by Crippen LogP contribution is 2.18. The van der Waals surface area contributed by atoms with Gasteiger partial charge in [0.2, 0.25) is 0 Å². The van der Waals surface area contributed by atoms with Crippen LogP contribution in [0.5, 0.6) is 17.2 Å². The van der Waals surface area contributed by atoms with Crippen molar-refractivity contribution in [3.05, 3.63) is 90.0 Å². The first-order valence-electron chi connectivity index (χ1n) is 9.13. The summed E-state index contributed by atoms with van der Waals surface area (Å²) < 4.78 is 16.4. The number of rotatable bonds is 9. The Labute approximate surface area is 169 Å². The maximum absolute atomic E-state index is 12.5. The Morgan fingerprint density at radius 1 is 0.862 bits per heavy atom. The summed E-state index contributed by atoms with van der Waals surface area (Å²) in [6.45, 7) is 0.684. The standard InChI is InChI=1S/C23H22N2O4/c1-27-19-13-11-18(12-14-19)17-24-25-23(26)21-9-5-6-10-22(21)29-16-15-28-20-7-3-2-4-8-20/h2-14,17H,15-16H2,1H3,(H,25,26)/b24-17-. The molecular formula is C23H22N2O4. The lowest BCUT2D eigenvalue weighted by molar-refractivity contribution is 0.0950. The van der Waals surface area contributed by atoms with Gasteiger partial charge >= 0.3 is 0 Å². The lowest BCUT2D eigenvalue weighted by Gasteiger charge is -2.11. The molecule has 0 saturated heterocycles. The molecule has 0 aliphatic rings. The Hall–Kier alpha value is -3.80. The van der Waals surface area contributed by atoms with Gasteiger partial charge < -0.3 is 14.2 Å². The average Bonchev–Trinajstić information content (AvgIpc) is 2.78. The van der Waals surface area contributed by atoms with Gasteiger partial charge in [0.15, 0.2) is 0 Å². The van der Waals surface area contributed by atoms with Crippen LogP contribution in [0.2, 0.25) is 0 Å². The summed E-state index contributed by atoms with van der Waals surface area (Å²) in [4.78, 5) is 12.5. The van der Waals surface area contributed by atoms with Crippen LogP contribution in [0.25, 0.3) is 0 Å². The van der Waals surface area contributed by atoms with E-state index < -0.39 is 0 Å². The fourth-order valence-electron chi connectivity index (χ4n) is 2.52. The minimum absolute atomic E-state index is 0.314. The van der Waals surface area contributed by atoms with Crippen LogP contribution in [0.4, 0.5) is 0 Å². The van der Waals surface area contributed by atoms with Crippen molar-refractivity contribution in [2.75, 3.05) is 20.3 Å². The number of ether oxygens (including phenoxy) is 3. The summed E-state index contributed by atoms with van der Waals surface area (Å²) in [5.74, 6) is 1.65. The number of nitrogens with one attached hydrogen (secondary N) is 1. The van der Waals surface area contributed by atoms with Crippen molar-refractivity contribution in [3.63, 3.8) is 0 Å². The molecule has 0 saturated carbocycles. The van der Waals surface area contributed by atoms with Gasteiger partial charge in [0.25, 0.3) is 5.91 Å². The SMILES string of the molecule is COc1ccc(/C=N\NC(=O)c2ccccc2OCCOc2ccccc2)cc1. The van der Waals surface area contributed by atoms with E-state index in [2.05, 4.69) is 10.5 Å². The van der Waals surface area contributed by atoms with Gasteiger partial charge in [0, 0.05) is 0 Å². The molecule has 148 valence electrons. The topological polar surface area (TPSA) is 69.2 Å². The average molecular weight is 390 g/mol. The second-order valence-corrected chi connectivity index (χ2v) is 5.98. The number of carbonyl (C=O) groups excluding carboxylic acids is 1. The number of benzene rings is 3. The first kappa shape index (κ1) is 19.9. The van der Waals surface area contributed by atoms with Crippen molar-refractivity contribution in [2.45, 2.75) is 0 Å². The molecule has 6 nitrogen and oxygen atoms in total. The predicted octanol–water partition coefficient (Wildman–Crippen LogP) is 3.92. The highest BCUT2D eigenvalue weighted by Gasteiger charge is 2.11. The van der Waals surface area contributed by atoms with E-state index in [4.69, 9.17) is 14.2 Å². The molecule has 0 atom stereocenters. The van der Waals surface area contributed by atoms with Gasteiger partial charge in [-0.05, 0) is 54.1 Å². The first-order valence-corrected chi connectivity index (χ1v) is 9.13. The number of hydrazone groups is 1. The molecular weight excluding hydrogens is 368 g/mol. The fraction of sp³-hybridized carbons (Fsp3) is 0.130. The third-order valence-electron chi connectivity index (χ3n) is 3.98. The summed E-state index contributed by atoms with van der Waals surface area (Å²) in [6, 6.07) is 23.8. The lowest BCUT2D eigenvalue weighted by atomic mass is 10.2. The molecule has 3 rings (SSSR count). The van der Waals surface area contributed by atoms with Gasteiger partial charge in [-0.15, -0.1) is 0 Å². The fourth-order valence-corrected chi connectivity index (χ4v) is 2.52. The molecule has 0 spiro atoms. The number of hydrogen-bond donors (Lipinski definition) is 1. The second-order valence-electron chi connectivity index (χ2n) is 5.98. The van der Waals surface area contributed by atoms with Crippen LogP contribution in [0, 0.1) is 0 Å². The molecule has 29 heavy (non-hydrogen) atoms. The smallest absolute Gasteiger partial charge is 0.275 e. The van der Waals surface area contributed by atoms with Crippen LogP contribution in [-0.2, 0) is 0 Å². The predicted molar refractivity (Wildman–Crippen MR) is 112 cm³/mol. The third-order valence-corrected chi connectivity index (χ3v) is 3.98. The lowest BCUT2D eigenvalue weighted by Crippen LogP contribution is -2.19. The van der Waals surface area contributed by atoms with Gasteiger partial charge in [0.05, 0.1) is 18.9 Å². The molecule has 0 bridgehead atoms. The van der Waals surface area contributed by atoms with E-state index in [0.29, 0.717) is 24.5 Å². The summed E-state index contributed by atoms with van der Waals surface area (Å²) in [5.41, 5.74) is 3.76. The summed E-state index contributed by atoms with van der Waals surface area (Å²) in [7, 11) is 1.61. The molecule has 0 aliphatic heterocycles. The van der Waals surface area contributed by atoms with Crippen LogP contribution < -0.4 is 19.6 Å². The molecule has 0 fully saturated rings. The highest BCUT2D eigenvalue weighted by molar-refractivity contribution is 5.97. The summed E-state index contributed by atoms with van der Waals surface area (Å²) in [5, 5.41) is 4.01. The van der Waals surface area contributed by atoms with Gasteiger partial charge in [-0.2, -0.15) is 5.10 Å². The van der Waals surface area contributed by atoms with E-state index in [1.807, 2.05) is 60.7 Å². The van der Waals surface area contributed by atoms with E-state index in [1.54, 1.807) is 31.5 Å². The highest BCUT2D eigenvalue weighted by atomic mass is 16.5. The first-order chi connectivity index (χ1) is 14.3. The summed E-state index contributed by atoms with van der Waals surface area (Å²) in [6.07, 6.45) is 1.56. The van der Waals surface area contributed by atoms with Crippen molar-refractivity contribution in [3.8, 4) is 17.2 Å². The summed E-state index contributed by atoms with van der Waals surface area (Å²) >= 11 is 0. The van der Waals surface area contributed by atoms with Crippen molar-refractivity contribution < 1.29 is 19.0 Å². The number of para-hydroxylation sites is 2. The minimum atomic E-state index is -0.352. The second kappa shape index (κ2) is 10.5. The third kappa shape index (κ3) is 6.10. The minimum Gasteiger partial charge on any atom is -0.497 e. The Kier molecular flexibility index (Phi) is 7.23. The van der Waals surface area contributed by atoms with E-state index in [1.165, 1.54) is 0 Å². The van der Waals surface area contributed by atoms with Crippen LogP contribution in [0.1, 0.15) is 15.9 Å². The Balaban J connectivity index is 1.52. The van der Waals surface area contributed by atoms with Crippen molar-refractivity contribution in [1.29, 1.82) is 0 Å². The van der Waals surface area contributed by atoms with Crippen molar-refractivity contribution in [1.82, 2.24) is 5.43 Å². The quantitative estimate of drug-likeness (QED) is 0.342. The zero-order chi connectivity index (χ0) is 20.3. The Morgan fingerprint density at radius 3 is 2.31 bits per heavy atom. The normalized spacial score (nSPS) is 10.5. The molecule has 0 heterocycles. The zero-order valence-corrected chi connectivity index (χ0v) is 16.1. The van der Waals surface area contributed by atoms with Crippen LogP contribution >= 0.6 is 0 Å². The Bertz CT molecular complexity index is 941. The van der Waals surface area contributed by atoms with Gasteiger partial charge in [0.1, 0.15) is 30.5 Å². The molecule has 0 unspecified atom stereocenters. The number of hydrogen-bond acceptors (Lipinski definition) is 5. The van der Waals surface area contributed by atoms with Gasteiger partial charge in [-0.25, -0.2) is 5.43 Å². The molecule has 0 aromatic heterocycles. The van der Waals surface area contributed by atoms with Gasteiger partial charge in [-0.1, -0.05) is 30.3 Å². The number of carbonyl (C=O) groups is 1. The molecule has 3 aromatic rings. The van der Waals surface area contributed by atoms with E-state index >= 15 is 0 Å². The van der Waals surface area contributed by atoms with E-state index in [9.17, 15) is 4.79 Å². The maximum Gasteiger partial charge on any atom is 0.275 e. The van der Waals surface area contributed by atoms with Crippen LogP contribution in [-0.4, -0.2) is 32.4 Å². The molecule has 6 heteroatoms. The molecule has 0 radical (unpaired) electrons. The maximum atomic E-state index is 12.5. The van der Waals surface area contributed by atoms with E-state index in [0.717, 1.165) is 17.1 Å². The zero-order valence-electron chi connectivity index (χ0n) is 16.1. The molecule has 3 aromatic carbocycles. The van der Waals surface area contributed by atoms with E-state index in [-0.39, 0.29) is 5.91 Å². The van der Waals surface area contributed by atoms with Crippen LogP contribution in [0.15, 0.2) is 84.0 Å². The van der Waals surface area contributed by atoms with Crippen molar-refractivity contribution >= 4 is 12.1 Å². The molecule has 0 aliphatic carbocycles. The largest absolute Gasteiger partial charge is 0.497 e. The number of amides is 1. The number of nitrogens with zero attached hydrogens (tertiary/aromatic N) is 1. The van der Waals surface area contributed by atoms with Crippen molar-refractivity contribution in [2.24, 2.45) is 5.10 Å².